The maximum atomic E-state index is 13.1. The van der Waals surface area contributed by atoms with Crippen molar-refractivity contribution >= 4 is 11.6 Å². The third-order valence-electron chi connectivity index (χ3n) is 2.95. The van der Waals surface area contributed by atoms with Gasteiger partial charge in [0.1, 0.15) is 5.82 Å². The lowest BCUT2D eigenvalue weighted by Crippen LogP contribution is -2.17. The highest BCUT2D eigenvalue weighted by Gasteiger charge is 2.40. The summed E-state index contributed by atoms with van der Waals surface area (Å²) in [6, 6.07) is 5.00. The van der Waals surface area contributed by atoms with Crippen LogP contribution in [0.25, 0.3) is 0 Å². The maximum absolute atomic E-state index is 13.1. The zero-order valence-corrected chi connectivity index (χ0v) is 8.65. The average molecular weight is 214 g/mol. The van der Waals surface area contributed by atoms with Crippen LogP contribution in [0.15, 0.2) is 18.2 Å². The van der Waals surface area contributed by atoms with E-state index >= 15 is 0 Å². The van der Waals surface area contributed by atoms with Crippen LogP contribution in [0.3, 0.4) is 0 Å². The Morgan fingerprint density at radius 3 is 2.64 bits per heavy atom. The largest absolute Gasteiger partial charge is 0.330 e. The van der Waals surface area contributed by atoms with Gasteiger partial charge in [0.15, 0.2) is 0 Å². The second-order valence-electron chi connectivity index (χ2n) is 4.13. The second-order valence-corrected chi connectivity index (χ2v) is 4.54. The monoisotopic (exact) mass is 213 g/mol. The van der Waals surface area contributed by atoms with Gasteiger partial charge in [-0.25, -0.2) is 4.39 Å². The van der Waals surface area contributed by atoms with E-state index in [-0.39, 0.29) is 16.3 Å². The summed E-state index contributed by atoms with van der Waals surface area (Å²) in [6.45, 7) is 0.692. The van der Waals surface area contributed by atoms with Crippen molar-refractivity contribution in [1.82, 2.24) is 0 Å². The topological polar surface area (TPSA) is 26.0 Å². The highest BCUT2D eigenvalue weighted by Crippen LogP contribution is 2.47. The van der Waals surface area contributed by atoms with Gasteiger partial charge in [-0.3, -0.25) is 0 Å². The van der Waals surface area contributed by atoms with Gasteiger partial charge < -0.3 is 5.73 Å². The highest BCUT2D eigenvalue weighted by molar-refractivity contribution is 6.30. The Labute approximate surface area is 88.1 Å². The molecule has 1 aliphatic carbocycles. The van der Waals surface area contributed by atoms with Crippen molar-refractivity contribution in [2.45, 2.75) is 19.3 Å². The van der Waals surface area contributed by atoms with Crippen LogP contribution in [0, 0.1) is 11.2 Å². The van der Waals surface area contributed by atoms with Gasteiger partial charge in [-0.15, -0.1) is 0 Å². The van der Waals surface area contributed by atoms with E-state index in [9.17, 15) is 4.39 Å². The second kappa shape index (κ2) is 3.52. The molecule has 0 heterocycles. The Bertz CT molecular complexity index is 347. The van der Waals surface area contributed by atoms with Crippen molar-refractivity contribution in [3.63, 3.8) is 0 Å². The first-order valence-electron chi connectivity index (χ1n) is 4.79. The van der Waals surface area contributed by atoms with Crippen LogP contribution in [-0.2, 0) is 6.42 Å². The zero-order valence-electron chi connectivity index (χ0n) is 7.89. The fourth-order valence-electron chi connectivity index (χ4n) is 1.71. The number of nitrogens with two attached hydrogens (primary N) is 1. The molecule has 0 aromatic heterocycles. The van der Waals surface area contributed by atoms with E-state index in [1.807, 2.05) is 6.07 Å². The van der Waals surface area contributed by atoms with Gasteiger partial charge in [-0.05, 0) is 48.9 Å². The smallest absolute Gasteiger partial charge is 0.142 e. The Kier molecular flexibility index (Phi) is 2.50. The highest BCUT2D eigenvalue weighted by atomic mass is 35.5. The van der Waals surface area contributed by atoms with E-state index in [2.05, 4.69) is 0 Å². The summed E-state index contributed by atoms with van der Waals surface area (Å²) < 4.78 is 13.1. The van der Waals surface area contributed by atoms with Crippen LogP contribution in [0.2, 0.25) is 5.02 Å². The van der Waals surface area contributed by atoms with Gasteiger partial charge in [0.25, 0.3) is 0 Å². The minimum Gasteiger partial charge on any atom is -0.330 e. The molecule has 76 valence electrons. The summed E-state index contributed by atoms with van der Waals surface area (Å²) in [7, 11) is 0. The molecule has 2 rings (SSSR count). The lowest BCUT2D eigenvalue weighted by Gasteiger charge is -2.11. The van der Waals surface area contributed by atoms with Crippen molar-refractivity contribution in [2.75, 3.05) is 6.54 Å². The summed E-state index contributed by atoms with van der Waals surface area (Å²) in [5.74, 6) is -0.336. The fraction of sp³-hybridized carbons (Fsp3) is 0.455. The van der Waals surface area contributed by atoms with Gasteiger partial charge in [0.2, 0.25) is 0 Å². The Morgan fingerprint density at radius 2 is 2.14 bits per heavy atom. The molecule has 0 radical (unpaired) electrons. The third kappa shape index (κ3) is 1.91. The molecule has 0 atom stereocenters. The quantitative estimate of drug-likeness (QED) is 0.821. The van der Waals surface area contributed by atoms with E-state index in [0.717, 1.165) is 24.8 Å². The minimum atomic E-state index is -0.336. The molecule has 0 aliphatic heterocycles. The van der Waals surface area contributed by atoms with Crippen molar-refractivity contribution in [2.24, 2.45) is 11.1 Å². The molecule has 1 nitrogen and oxygen atoms in total. The predicted octanol–water partition coefficient (Wildman–Crippen LogP) is 2.76. The summed E-state index contributed by atoms with van der Waals surface area (Å²) in [5, 5.41) is 0.186. The van der Waals surface area contributed by atoms with E-state index in [4.69, 9.17) is 17.3 Å². The number of halogens is 2. The van der Waals surface area contributed by atoms with Gasteiger partial charge >= 0.3 is 0 Å². The van der Waals surface area contributed by atoms with Crippen molar-refractivity contribution in [3.8, 4) is 0 Å². The third-order valence-corrected chi connectivity index (χ3v) is 3.26. The van der Waals surface area contributed by atoms with E-state index in [1.165, 1.54) is 6.07 Å². The van der Waals surface area contributed by atoms with Crippen LogP contribution in [0.5, 0.6) is 0 Å². The van der Waals surface area contributed by atoms with E-state index < -0.39 is 0 Å². The molecule has 1 saturated carbocycles. The first-order valence-corrected chi connectivity index (χ1v) is 5.17. The fourth-order valence-corrected chi connectivity index (χ4v) is 1.83. The Balaban J connectivity index is 2.14. The molecule has 0 unspecified atom stereocenters. The molecule has 0 spiro atoms. The van der Waals surface area contributed by atoms with Crippen molar-refractivity contribution in [1.29, 1.82) is 0 Å². The number of benzene rings is 1. The van der Waals surface area contributed by atoms with Gasteiger partial charge in [0, 0.05) is 0 Å². The first kappa shape index (κ1) is 9.94. The van der Waals surface area contributed by atoms with Gasteiger partial charge in [-0.1, -0.05) is 17.7 Å². The van der Waals surface area contributed by atoms with Crippen LogP contribution in [-0.4, -0.2) is 6.54 Å². The average Bonchev–Trinajstić information content (AvgIpc) is 2.93. The van der Waals surface area contributed by atoms with E-state index in [0.29, 0.717) is 6.54 Å². The molecule has 3 heteroatoms. The molecule has 1 aromatic carbocycles. The van der Waals surface area contributed by atoms with Gasteiger partial charge in [-0.2, -0.15) is 0 Å². The Hall–Kier alpha value is -0.600. The molecule has 0 saturated heterocycles. The molecule has 1 aromatic rings. The summed E-state index contributed by atoms with van der Waals surface area (Å²) in [6.07, 6.45) is 3.19. The van der Waals surface area contributed by atoms with Gasteiger partial charge in [0.05, 0.1) is 5.02 Å². The molecule has 14 heavy (non-hydrogen) atoms. The SMILES string of the molecule is NCC1(Cc2ccc(Cl)c(F)c2)CC1. The Morgan fingerprint density at radius 1 is 1.43 bits per heavy atom. The maximum Gasteiger partial charge on any atom is 0.142 e. The normalized spacial score (nSPS) is 18.2. The van der Waals surface area contributed by atoms with Crippen molar-refractivity contribution < 1.29 is 4.39 Å². The van der Waals surface area contributed by atoms with Crippen molar-refractivity contribution in [3.05, 3.63) is 34.6 Å². The molecule has 1 fully saturated rings. The molecule has 2 N–H and O–H groups in total. The van der Waals surface area contributed by atoms with Crippen LogP contribution in [0.4, 0.5) is 4.39 Å². The van der Waals surface area contributed by atoms with Crippen LogP contribution < -0.4 is 5.73 Å². The van der Waals surface area contributed by atoms with Crippen LogP contribution in [0.1, 0.15) is 18.4 Å². The molecule has 0 bridgehead atoms. The lowest BCUT2D eigenvalue weighted by atomic mass is 9.97. The molecular formula is C11H13ClFN. The first-order chi connectivity index (χ1) is 6.65. The summed E-state index contributed by atoms with van der Waals surface area (Å²) in [4.78, 5) is 0. The zero-order chi connectivity index (χ0) is 10.2. The summed E-state index contributed by atoms with van der Waals surface area (Å²) in [5.41, 5.74) is 6.91. The van der Waals surface area contributed by atoms with Crippen LogP contribution >= 0.6 is 11.6 Å². The number of hydrogen-bond acceptors (Lipinski definition) is 1. The molecular weight excluding hydrogens is 201 g/mol. The number of hydrogen-bond donors (Lipinski definition) is 1. The standard InChI is InChI=1S/C11H13ClFN/c12-9-2-1-8(5-10(9)13)6-11(7-14)3-4-11/h1-2,5H,3-4,6-7,14H2. The van der Waals surface area contributed by atoms with E-state index in [1.54, 1.807) is 6.07 Å². The molecule has 1 aliphatic rings. The number of rotatable bonds is 3. The minimum absolute atomic E-state index is 0.186. The predicted molar refractivity (Wildman–Crippen MR) is 55.8 cm³/mol. The summed E-state index contributed by atoms with van der Waals surface area (Å²) >= 11 is 5.60. The molecule has 0 amide bonds. The lowest BCUT2D eigenvalue weighted by molar-refractivity contribution is 0.518.